The third-order valence-electron chi connectivity index (χ3n) is 0.730. The van der Waals surface area contributed by atoms with E-state index in [0.717, 1.165) is 4.61 Å². The Kier molecular flexibility index (Phi) is 6.46. The molecule has 0 saturated heterocycles. The van der Waals surface area contributed by atoms with Crippen LogP contribution in [0.15, 0.2) is 20.3 Å². The first-order chi connectivity index (χ1) is 4.66. The summed E-state index contributed by atoms with van der Waals surface area (Å²) in [5.74, 6) is 0. The minimum absolute atomic E-state index is 0.450. The van der Waals surface area contributed by atoms with Gasteiger partial charge >= 0.3 is 0 Å². The molecular formula is C6H10BrIN2. The summed E-state index contributed by atoms with van der Waals surface area (Å²) >= 11 is 5.53. The minimum Gasteiger partial charge on any atom is -0.367 e. The van der Waals surface area contributed by atoms with Crippen LogP contribution in [0.3, 0.4) is 0 Å². The summed E-state index contributed by atoms with van der Waals surface area (Å²) < 4.78 is 2.14. The first-order valence-corrected chi connectivity index (χ1v) is 4.67. The van der Waals surface area contributed by atoms with Gasteiger partial charge in [-0.1, -0.05) is 6.08 Å². The van der Waals surface area contributed by atoms with E-state index < -0.39 is 0 Å². The topological polar surface area (TPSA) is 38.0 Å². The van der Waals surface area contributed by atoms with Gasteiger partial charge in [-0.15, -0.1) is 0 Å². The maximum absolute atomic E-state index is 5.23. The predicted octanol–water partition coefficient (Wildman–Crippen LogP) is 2.07. The molecule has 0 amide bonds. The largest absolute Gasteiger partial charge is 0.367 e. The van der Waals surface area contributed by atoms with Gasteiger partial charge in [0.2, 0.25) is 0 Å². The molecule has 0 aromatic heterocycles. The molecule has 0 aromatic rings. The minimum atomic E-state index is 0.450. The molecule has 2 nitrogen and oxygen atoms in total. The summed E-state index contributed by atoms with van der Waals surface area (Å²) in [5, 5.41) is 2.91. The molecule has 0 aliphatic rings. The van der Waals surface area contributed by atoms with Crippen LogP contribution in [0.2, 0.25) is 0 Å². The van der Waals surface area contributed by atoms with Crippen molar-refractivity contribution in [2.75, 3.05) is 6.67 Å². The molecule has 0 aliphatic heterocycles. The zero-order valence-electron chi connectivity index (χ0n) is 5.70. The molecule has 58 valence electrons. The SMILES string of the molecule is C/C(I)=C/C=C(/Br)NCN. The molecule has 0 radical (unpaired) electrons. The van der Waals surface area contributed by atoms with E-state index in [9.17, 15) is 0 Å². The fraction of sp³-hybridized carbons (Fsp3) is 0.333. The van der Waals surface area contributed by atoms with Crippen LogP contribution in [0.4, 0.5) is 0 Å². The van der Waals surface area contributed by atoms with E-state index in [1.807, 2.05) is 19.1 Å². The fourth-order valence-electron chi connectivity index (χ4n) is 0.344. The van der Waals surface area contributed by atoms with E-state index >= 15 is 0 Å². The van der Waals surface area contributed by atoms with E-state index in [1.54, 1.807) is 0 Å². The lowest BCUT2D eigenvalue weighted by Crippen LogP contribution is -2.18. The van der Waals surface area contributed by atoms with Gasteiger partial charge in [0.05, 0.1) is 11.3 Å². The average Bonchev–Trinajstić information content (AvgIpc) is 1.85. The van der Waals surface area contributed by atoms with Crippen molar-refractivity contribution >= 4 is 38.5 Å². The first kappa shape index (κ1) is 10.4. The third kappa shape index (κ3) is 6.57. The molecule has 0 unspecified atom stereocenters. The number of nitrogens with one attached hydrogen (secondary N) is 1. The van der Waals surface area contributed by atoms with Gasteiger partial charge in [0.15, 0.2) is 0 Å². The molecule has 0 rings (SSSR count). The second kappa shape index (κ2) is 6.18. The molecule has 0 saturated carbocycles. The second-order valence-electron chi connectivity index (χ2n) is 1.65. The Morgan fingerprint density at radius 1 is 1.70 bits per heavy atom. The number of hydrogen-bond acceptors (Lipinski definition) is 2. The first-order valence-electron chi connectivity index (χ1n) is 2.80. The van der Waals surface area contributed by atoms with Crippen molar-refractivity contribution in [1.29, 1.82) is 0 Å². The van der Waals surface area contributed by atoms with E-state index in [-0.39, 0.29) is 0 Å². The van der Waals surface area contributed by atoms with Gasteiger partial charge in [0.1, 0.15) is 0 Å². The van der Waals surface area contributed by atoms with Crippen LogP contribution in [-0.2, 0) is 0 Å². The van der Waals surface area contributed by atoms with Crippen LogP contribution in [0.25, 0.3) is 0 Å². The Bertz CT molecular complexity index is 150. The van der Waals surface area contributed by atoms with Crippen molar-refractivity contribution in [3.63, 3.8) is 0 Å². The molecule has 10 heavy (non-hydrogen) atoms. The highest BCUT2D eigenvalue weighted by atomic mass is 127. The van der Waals surface area contributed by atoms with Crippen molar-refractivity contribution < 1.29 is 0 Å². The molecular weight excluding hydrogens is 307 g/mol. The number of hydrogen-bond donors (Lipinski definition) is 2. The van der Waals surface area contributed by atoms with Crippen LogP contribution in [-0.4, -0.2) is 6.67 Å². The smallest absolute Gasteiger partial charge is 0.0790 e. The van der Waals surface area contributed by atoms with Gasteiger partial charge in [-0.2, -0.15) is 0 Å². The maximum atomic E-state index is 5.23. The quantitative estimate of drug-likeness (QED) is 0.362. The third-order valence-corrected chi connectivity index (χ3v) is 1.63. The number of nitrogens with two attached hydrogens (primary N) is 1. The lowest BCUT2D eigenvalue weighted by atomic mass is 10.5. The van der Waals surface area contributed by atoms with E-state index in [2.05, 4.69) is 43.8 Å². The molecule has 3 N–H and O–H groups in total. The summed E-state index contributed by atoms with van der Waals surface area (Å²) in [6, 6.07) is 0. The Hall–Kier alpha value is 0.450. The van der Waals surface area contributed by atoms with Crippen molar-refractivity contribution in [2.45, 2.75) is 6.92 Å². The number of halogens is 2. The summed E-state index contributed by atoms with van der Waals surface area (Å²) in [7, 11) is 0. The van der Waals surface area contributed by atoms with Gasteiger partial charge in [-0.25, -0.2) is 0 Å². The molecule has 0 aromatic carbocycles. The highest BCUT2D eigenvalue weighted by Crippen LogP contribution is 2.06. The predicted molar refractivity (Wildman–Crippen MR) is 57.0 cm³/mol. The standard InChI is InChI=1S/C6H10BrIN2/c1-5(8)2-3-6(7)10-4-9/h2-3,10H,4,9H2,1H3/b5-2-,6-3-. The Morgan fingerprint density at radius 2 is 2.30 bits per heavy atom. The Morgan fingerprint density at radius 3 is 2.70 bits per heavy atom. The summed E-state index contributed by atoms with van der Waals surface area (Å²) in [6.07, 6.45) is 3.92. The summed E-state index contributed by atoms with van der Waals surface area (Å²) in [5.41, 5.74) is 5.23. The lowest BCUT2D eigenvalue weighted by molar-refractivity contribution is 0.874. The zero-order chi connectivity index (χ0) is 7.98. The van der Waals surface area contributed by atoms with Gasteiger partial charge in [0, 0.05) is 0 Å². The molecule has 0 heterocycles. The van der Waals surface area contributed by atoms with E-state index in [0.29, 0.717) is 6.67 Å². The van der Waals surface area contributed by atoms with Crippen LogP contribution in [0.5, 0.6) is 0 Å². The average molecular weight is 317 g/mol. The monoisotopic (exact) mass is 316 g/mol. The van der Waals surface area contributed by atoms with Crippen molar-refractivity contribution in [1.82, 2.24) is 5.32 Å². The molecule has 0 aliphatic carbocycles. The fourth-order valence-corrected chi connectivity index (χ4v) is 0.818. The molecule has 0 atom stereocenters. The number of allylic oxidation sites excluding steroid dienone is 3. The summed E-state index contributed by atoms with van der Waals surface area (Å²) in [4.78, 5) is 0. The van der Waals surface area contributed by atoms with Gasteiger partial charge in [0.25, 0.3) is 0 Å². The van der Waals surface area contributed by atoms with Crippen LogP contribution < -0.4 is 11.1 Å². The second-order valence-corrected chi connectivity index (χ2v) is 4.20. The highest BCUT2D eigenvalue weighted by Gasteiger charge is 1.82. The highest BCUT2D eigenvalue weighted by molar-refractivity contribution is 14.1. The zero-order valence-corrected chi connectivity index (χ0v) is 9.44. The maximum Gasteiger partial charge on any atom is 0.0790 e. The van der Waals surface area contributed by atoms with E-state index in [1.165, 1.54) is 3.58 Å². The Balaban J connectivity index is 3.79. The molecule has 0 bridgehead atoms. The van der Waals surface area contributed by atoms with E-state index in [4.69, 9.17) is 5.73 Å². The van der Waals surface area contributed by atoms with Gasteiger partial charge < -0.3 is 11.1 Å². The lowest BCUT2D eigenvalue weighted by Gasteiger charge is -1.97. The summed E-state index contributed by atoms with van der Waals surface area (Å²) in [6.45, 7) is 2.48. The Labute approximate surface area is 83.2 Å². The van der Waals surface area contributed by atoms with Gasteiger partial charge in [-0.3, -0.25) is 0 Å². The van der Waals surface area contributed by atoms with Crippen molar-refractivity contribution in [3.8, 4) is 0 Å². The normalized spacial score (nSPS) is 13.6. The van der Waals surface area contributed by atoms with Gasteiger partial charge in [-0.05, 0) is 55.1 Å². The van der Waals surface area contributed by atoms with Crippen LogP contribution in [0, 0.1) is 0 Å². The molecule has 0 fully saturated rings. The molecule has 0 spiro atoms. The van der Waals surface area contributed by atoms with Crippen molar-refractivity contribution in [3.05, 3.63) is 20.3 Å². The number of rotatable bonds is 3. The van der Waals surface area contributed by atoms with Crippen LogP contribution >= 0.6 is 38.5 Å². The van der Waals surface area contributed by atoms with Crippen LogP contribution in [0.1, 0.15) is 6.92 Å². The van der Waals surface area contributed by atoms with Crippen molar-refractivity contribution in [2.24, 2.45) is 5.73 Å². The molecule has 4 heteroatoms.